The minimum atomic E-state index is -1.20. The summed E-state index contributed by atoms with van der Waals surface area (Å²) in [6.07, 6.45) is 2.00. The van der Waals surface area contributed by atoms with Crippen molar-refractivity contribution in [3.8, 4) is 17.2 Å². The van der Waals surface area contributed by atoms with E-state index in [1.165, 1.54) is 0 Å². The lowest BCUT2D eigenvalue weighted by Crippen LogP contribution is -2.45. The molecule has 2 aromatic rings. The van der Waals surface area contributed by atoms with Gasteiger partial charge >= 0.3 is 6.03 Å². The molecule has 0 saturated carbocycles. The average molecular weight is 480 g/mol. The van der Waals surface area contributed by atoms with E-state index in [1.807, 2.05) is 25.1 Å². The van der Waals surface area contributed by atoms with Crippen molar-refractivity contribution in [3.63, 3.8) is 0 Å². The zero-order valence-electron chi connectivity index (χ0n) is 19.9. The Hall–Kier alpha value is -3.75. The van der Waals surface area contributed by atoms with Gasteiger partial charge in [0.2, 0.25) is 5.91 Å². The molecule has 9 nitrogen and oxygen atoms in total. The fourth-order valence-corrected chi connectivity index (χ4v) is 5.19. The highest BCUT2D eigenvalue weighted by Crippen LogP contribution is 2.39. The molecule has 0 spiro atoms. The number of likely N-dealkylation sites (tertiary alicyclic amines) is 1. The fourth-order valence-electron chi connectivity index (χ4n) is 5.19. The zero-order valence-corrected chi connectivity index (χ0v) is 19.9. The number of ether oxygens (including phenoxy) is 3. The van der Waals surface area contributed by atoms with Gasteiger partial charge in [-0.05, 0) is 54.7 Å². The number of fused-ring (bicyclic) bond motifs is 1. The highest BCUT2D eigenvalue weighted by molar-refractivity contribution is 6.09. The first-order chi connectivity index (χ1) is 17.0. The lowest BCUT2D eigenvalue weighted by molar-refractivity contribution is -0.139. The number of hydrogen-bond acceptors (Lipinski definition) is 6. The van der Waals surface area contributed by atoms with Gasteiger partial charge in [-0.25, -0.2) is 4.79 Å². The van der Waals surface area contributed by atoms with E-state index >= 15 is 0 Å². The van der Waals surface area contributed by atoms with Gasteiger partial charge in [0.05, 0.1) is 13.2 Å². The van der Waals surface area contributed by atoms with Gasteiger partial charge in [0.25, 0.3) is 5.91 Å². The van der Waals surface area contributed by atoms with E-state index < -0.39 is 17.5 Å². The number of carbonyl (C=O) groups is 3. The van der Waals surface area contributed by atoms with Crippen LogP contribution in [0, 0.1) is 0 Å². The molecule has 3 heterocycles. The van der Waals surface area contributed by atoms with E-state index in [1.54, 1.807) is 36.3 Å². The Bertz CT molecular complexity index is 1150. The van der Waals surface area contributed by atoms with E-state index in [0.717, 1.165) is 23.3 Å². The number of benzene rings is 2. The van der Waals surface area contributed by atoms with Crippen molar-refractivity contribution in [2.45, 2.75) is 37.8 Å². The summed E-state index contributed by atoms with van der Waals surface area (Å²) in [5, 5.41) is 2.84. The molecule has 5 rings (SSSR count). The number of nitrogens with one attached hydrogen (secondary N) is 1. The molecule has 2 aromatic carbocycles. The SMILES string of the molecule is CC[C@@]1(c2ccc(OC)cc2)NC(=O)N(CC(=O)N2CCC[C@@H]2c2ccc3c(c2)OCCO3)C1=O. The summed E-state index contributed by atoms with van der Waals surface area (Å²) < 4.78 is 16.5. The van der Waals surface area contributed by atoms with Crippen LogP contribution < -0.4 is 19.5 Å². The molecule has 0 aromatic heterocycles. The van der Waals surface area contributed by atoms with Crippen LogP contribution in [0.2, 0.25) is 0 Å². The van der Waals surface area contributed by atoms with Crippen LogP contribution in [-0.2, 0) is 15.1 Å². The Labute approximate surface area is 203 Å². The molecule has 2 fully saturated rings. The van der Waals surface area contributed by atoms with Crippen LogP contribution in [-0.4, -0.2) is 61.1 Å². The largest absolute Gasteiger partial charge is 0.497 e. The first-order valence-corrected chi connectivity index (χ1v) is 11.9. The van der Waals surface area contributed by atoms with Gasteiger partial charge in [-0.1, -0.05) is 25.1 Å². The summed E-state index contributed by atoms with van der Waals surface area (Å²) >= 11 is 0. The van der Waals surface area contributed by atoms with E-state index in [2.05, 4.69) is 5.32 Å². The van der Waals surface area contributed by atoms with Crippen LogP contribution in [0.1, 0.15) is 43.4 Å². The molecule has 1 N–H and O–H groups in total. The Morgan fingerprint density at radius 1 is 1.11 bits per heavy atom. The average Bonchev–Trinajstić information content (AvgIpc) is 3.48. The minimum Gasteiger partial charge on any atom is -0.497 e. The molecule has 2 saturated heterocycles. The third-order valence-corrected chi connectivity index (χ3v) is 7.11. The van der Waals surface area contributed by atoms with Crippen molar-refractivity contribution >= 4 is 17.8 Å². The molecular formula is C26H29N3O6. The van der Waals surface area contributed by atoms with Gasteiger partial charge in [-0.15, -0.1) is 0 Å². The smallest absolute Gasteiger partial charge is 0.325 e. The zero-order chi connectivity index (χ0) is 24.6. The molecule has 0 aliphatic carbocycles. The van der Waals surface area contributed by atoms with Gasteiger partial charge in [-0.2, -0.15) is 0 Å². The second kappa shape index (κ2) is 9.13. The number of nitrogens with zero attached hydrogens (tertiary/aromatic N) is 2. The van der Waals surface area contributed by atoms with Gasteiger partial charge in [0.1, 0.15) is 31.0 Å². The standard InChI is InChI=1S/C26H29N3O6/c1-3-26(18-7-9-19(33-2)10-8-18)24(31)29(25(32)27-26)16-23(30)28-12-4-5-20(28)17-6-11-21-22(15-17)35-14-13-34-21/h6-11,15,20H,3-5,12-14,16H2,1-2H3,(H,27,32)/t20-,26+/m1/s1. The molecule has 35 heavy (non-hydrogen) atoms. The van der Waals surface area contributed by atoms with Crippen molar-refractivity contribution in [3.05, 3.63) is 53.6 Å². The van der Waals surface area contributed by atoms with Crippen LogP contribution in [0.3, 0.4) is 0 Å². The summed E-state index contributed by atoms with van der Waals surface area (Å²) in [7, 11) is 1.57. The van der Waals surface area contributed by atoms with Crippen molar-refractivity contribution in [1.29, 1.82) is 0 Å². The van der Waals surface area contributed by atoms with E-state index in [0.29, 0.717) is 49.0 Å². The second-order valence-corrected chi connectivity index (χ2v) is 8.96. The van der Waals surface area contributed by atoms with Crippen molar-refractivity contribution in [2.24, 2.45) is 0 Å². The summed E-state index contributed by atoms with van der Waals surface area (Å²) in [6, 6.07) is 12.1. The molecular weight excluding hydrogens is 450 g/mol. The maximum atomic E-state index is 13.5. The number of imide groups is 1. The second-order valence-electron chi connectivity index (χ2n) is 8.96. The Kier molecular flexibility index (Phi) is 6.00. The molecule has 0 radical (unpaired) electrons. The molecule has 9 heteroatoms. The Morgan fingerprint density at radius 3 is 2.57 bits per heavy atom. The third kappa shape index (κ3) is 3.94. The number of carbonyl (C=O) groups excluding carboxylic acids is 3. The minimum absolute atomic E-state index is 0.142. The quantitative estimate of drug-likeness (QED) is 0.640. The van der Waals surface area contributed by atoms with Crippen LogP contribution >= 0.6 is 0 Å². The normalized spacial score (nSPS) is 23.4. The summed E-state index contributed by atoms with van der Waals surface area (Å²) in [6.45, 7) is 3.11. The molecule has 4 amide bonds. The third-order valence-electron chi connectivity index (χ3n) is 7.11. The Balaban J connectivity index is 1.34. The summed E-state index contributed by atoms with van der Waals surface area (Å²) in [5.41, 5.74) is 0.409. The monoisotopic (exact) mass is 479 g/mol. The topological polar surface area (TPSA) is 97.4 Å². The molecule has 0 bridgehead atoms. The number of urea groups is 1. The van der Waals surface area contributed by atoms with Crippen molar-refractivity contribution in [1.82, 2.24) is 15.1 Å². The molecule has 3 aliphatic rings. The molecule has 184 valence electrons. The molecule has 3 aliphatic heterocycles. The van der Waals surface area contributed by atoms with Crippen LogP contribution in [0.25, 0.3) is 0 Å². The number of amides is 4. The molecule has 0 unspecified atom stereocenters. The van der Waals surface area contributed by atoms with Crippen LogP contribution in [0.5, 0.6) is 17.2 Å². The van der Waals surface area contributed by atoms with Crippen LogP contribution in [0.15, 0.2) is 42.5 Å². The van der Waals surface area contributed by atoms with Crippen molar-refractivity contribution < 1.29 is 28.6 Å². The van der Waals surface area contributed by atoms with Gasteiger partial charge < -0.3 is 24.4 Å². The predicted molar refractivity (Wildman–Crippen MR) is 126 cm³/mol. The Morgan fingerprint density at radius 2 is 1.86 bits per heavy atom. The van der Waals surface area contributed by atoms with Crippen molar-refractivity contribution in [2.75, 3.05) is 33.4 Å². The summed E-state index contributed by atoms with van der Waals surface area (Å²) in [4.78, 5) is 42.5. The first kappa shape index (κ1) is 23.0. The lowest BCUT2D eigenvalue weighted by Gasteiger charge is -2.28. The highest BCUT2D eigenvalue weighted by Gasteiger charge is 2.52. The molecule has 2 atom stereocenters. The van der Waals surface area contributed by atoms with E-state index in [9.17, 15) is 14.4 Å². The van der Waals surface area contributed by atoms with Gasteiger partial charge in [-0.3, -0.25) is 14.5 Å². The predicted octanol–water partition coefficient (Wildman–Crippen LogP) is 2.99. The fraction of sp³-hybridized carbons (Fsp3) is 0.423. The van der Waals surface area contributed by atoms with E-state index in [-0.39, 0.29) is 18.5 Å². The number of methoxy groups -OCH3 is 1. The maximum Gasteiger partial charge on any atom is 0.325 e. The summed E-state index contributed by atoms with van der Waals surface area (Å²) in [5.74, 6) is 1.35. The van der Waals surface area contributed by atoms with Crippen LogP contribution in [0.4, 0.5) is 4.79 Å². The number of rotatable bonds is 6. The number of hydrogen-bond donors (Lipinski definition) is 1. The lowest BCUT2D eigenvalue weighted by atomic mass is 9.87. The first-order valence-electron chi connectivity index (χ1n) is 11.9. The van der Waals surface area contributed by atoms with E-state index in [4.69, 9.17) is 14.2 Å². The van der Waals surface area contributed by atoms with Gasteiger partial charge in [0.15, 0.2) is 11.5 Å². The van der Waals surface area contributed by atoms with Gasteiger partial charge in [0, 0.05) is 6.54 Å². The highest BCUT2D eigenvalue weighted by atomic mass is 16.6. The maximum absolute atomic E-state index is 13.5.